The zero-order valence-electron chi connectivity index (χ0n) is 19.9. The molecule has 2 heterocycles. The van der Waals surface area contributed by atoms with Crippen molar-refractivity contribution < 1.29 is 37.5 Å². The fourth-order valence-corrected chi connectivity index (χ4v) is 5.06. The molecule has 0 bridgehead atoms. The summed E-state index contributed by atoms with van der Waals surface area (Å²) in [5.74, 6) is -2.37. The number of Topliss-reactive ketones (excluding diaryl/α,β-unsaturated/α-hetero) is 1. The number of fused-ring (bicyclic) bond motifs is 1. The van der Waals surface area contributed by atoms with Crippen molar-refractivity contribution in [1.82, 2.24) is 10.2 Å². The van der Waals surface area contributed by atoms with Gasteiger partial charge in [0.15, 0.2) is 5.78 Å². The van der Waals surface area contributed by atoms with Crippen LogP contribution < -0.4 is 5.32 Å². The van der Waals surface area contributed by atoms with Gasteiger partial charge in [-0.05, 0) is 42.2 Å². The van der Waals surface area contributed by atoms with Crippen molar-refractivity contribution in [2.24, 2.45) is 4.99 Å². The highest BCUT2D eigenvalue weighted by Crippen LogP contribution is 2.37. The number of hydrogen-bond acceptors (Lipinski definition) is 6. The van der Waals surface area contributed by atoms with E-state index in [4.69, 9.17) is 0 Å². The summed E-state index contributed by atoms with van der Waals surface area (Å²) in [6.45, 7) is 0.100. The predicted molar refractivity (Wildman–Crippen MR) is 129 cm³/mol. The topological polar surface area (TPSA) is 116 Å². The molecule has 1 aliphatic carbocycles. The Bertz CT molecular complexity index is 1410. The average Bonchev–Trinajstić information content (AvgIpc) is 3.20. The third-order valence-corrected chi connectivity index (χ3v) is 7.08. The number of amides is 3. The zero-order chi connectivity index (χ0) is 27.2. The van der Waals surface area contributed by atoms with Gasteiger partial charge in [-0.3, -0.25) is 29.5 Å². The number of carbonyl (C=O) groups excluding carboxylic acids is 4. The average molecular weight is 525 g/mol. The number of nitrogens with zero attached hydrogens (tertiary/aromatic N) is 2. The second kappa shape index (κ2) is 9.55. The maximum absolute atomic E-state index is 13.0. The number of benzene rings is 2. The van der Waals surface area contributed by atoms with Crippen molar-refractivity contribution in [3.63, 3.8) is 0 Å². The molecule has 5 rings (SSSR count). The van der Waals surface area contributed by atoms with Crippen molar-refractivity contribution in [1.29, 1.82) is 0 Å². The Balaban J connectivity index is 1.34. The van der Waals surface area contributed by atoms with Crippen LogP contribution in [0.4, 0.5) is 18.9 Å². The Morgan fingerprint density at radius 2 is 1.76 bits per heavy atom. The maximum Gasteiger partial charge on any atom is 0.416 e. The number of aliphatic hydroxyl groups is 1. The minimum atomic E-state index is -4.46. The van der Waals surface area contributed by atoms with E-state index < -0.39 is 35.4 Å². The predicted octanol–water partition coefficient (Wildman–Crippen LogP) is 4.13. The molecule has 2 unspecified atom stereocenters. The number of hydrogen-bond donors (Lipinski definition) is 2. The summed E-state index contributed by atoms with van der Waals surface area (Å²) in [6, 6.07) is 8.62. The molecule has 3 amide bonds. The van der Waals surface area contributed by atoms with Crippen LogP contribution in [-0.4, -0.2) is 45.8 Å². The maximum atomic E-state index is 13.0. The first kappa shape index (κ1) is 25.4. The molecule has 1 fully saturated rings. The number of ketones is 1. The lowest BCUT2D eigenvalue weighted by Crippen LogP contribution is -2.52. The van der Waals surface area contributed by atoms with Crippen molar-refractivity contribution in [2.45, 2.75) is 50.4 Å². The summed E-state index contributed by atoms with van der Waals surface area (Å²) in [6.07, 6.45) is -2.83. The molecule has 196 valence electrons. The summed E-state index contributed by atoms with van der Waals surface area (Å²) < 4.78 is 38.5. The quantitative estimate of drug-likeness (QED) is 0.460. The van der Waals surface area contributed by atoms with E-state index in [0.29, 0.717) is 22.4 Å². The molecule has 2 aromatic carbocycles. The summed E-state index contributed by atoms with van der Waals surface area (Å²) in [7, 11) is 0. The number of halogens is 3. The fraction of sp³-hybridized carbons (Fsp3) is 0.296. The molecule has 0 saturated carbocycles. The first-order valence-corrected chi connectivity index (χ1v) is 12.0. The number of carbonyl (C=O) groups is 4. The van der Waals surface area contributed by atoms with Gasteiger partial charge in [-0.1, -0.05) is 18.2 Å². The molecule has 0 aromatic heterocycles. The molecular formula is C27H22F3N3O5. The molecule has 3 aliphatic rings. The lowest BCUT2D eigenvalue weighted by atomic mass is 9.82. The van der Waals surface area contributed by atoms with E-state index in [1.165, 1.54) is 23.2 Å². The van der Waals surface area contributed by atoms with E-state index >= 15 is 0 Å². The van der Waals surface area contributed by atoms with Gasteiger partial charge in [-0.25, -0.2) is 0 Å². The first-order valence-electron chi connectivity index (χ1n) is 12.0. The molecule has 38 heavy (non-hydrogen) atoms. The SMILES string of the molecule is O=C1CCC(N2Cc3c(N=CC4=C(O)CC(c5ccc(C(F)(F)F)cc5)CC4=O)cccc3C2=O)C(=O)N1. The molecular weight excluding hydrogens is 503 g/mol. The summed E-state index contributed by atoms with van der Waals surface area (Å²) >= 11 is 0. The van der Waals surface area contributed by atoms with Gasteiger partial charge in [0.25, 0.3) is 5.91 Å². The third kappa shape index (κ3) is 4.71. The molecule has 8 nitrogen and oxygen atoms in total. The Morgan fingerprint density at radius 3 is 2.42 bits per heavy atom. The van der Waals surface area contributed by atoms with Crippen molar-refractivity contribution in [3.8, 4) is 0 Å². The lowest BCUT2D eigenvalue weighted by molar-refractivity contribution is -0.138. The minimum Gasteiger partial charge on any atom is -0.511 e. The van der Waals surface area contributed by atoms with Crippen LogP contribution >= 0.6 is 0 Å². The van der Waals surface area contributed by atoms with Crippen LogP contribution in [0.3, 0.4) is 0 Å². The molecule has 0 spiro atoms. The van der Waals surface area contributed by atoms with E-state index in [2.05, 4.69) is 10.3 Å². The van der Waals surface area contributed by atoms with E-state index in [-0.39, 0.29) is 55.4 Å². The monoisotopic (exact) mass is 525 g/mol. The molecule has 0 radical (unpaired) electrons. The highest BCUT2D eigenvalue weighted by Gasteiger charge is 2.40. The number of imide groups is 1. The summed E-state index contributed by atoms with van der Waals surface area (Å²) in [5.41, 5.74) is 1.04. The molecule has 1 saturated heterocycles. The lowest BCUT2D eigenvalue weighted by Gasteiger charge is -2.29. The van der Waals surface area contributed by atoms with Crippen LogP contribution in [0, 0.1) is 0 Å². The van der Waals surface area contributed by atoms with Crippen LogP contribution in [0.2, 0.25) is 0 Å². The Morgan fingerprint density at radius 1 is 1.03 bits per heavy atom. The van der Waals surface area contributed by atoms with Gasteiger partial charge in [-0.2, -0.15) is 13.2 Å². The van der Waals surface area contributed by atoms with Crippen LogP contribution in [-0.2, 0) is 27.1 Å². The molecule has 2 N–H and O–H groups in total. The zero-order valence-corrected chi connectivity index (χ0v) is 19.9. The Labute approximate surface area is 214 Å². The number of nitrogens with one attached hydrogen (secondary N) is 1. The number of aliphatic imine (C=N–C) groups is 1. The van der Waals surface area contributed by atoms with E-state index in [9.17, 15) is 37.5 Å². The van der Waals surface area contributed by atoms with Gasteiger partial charge in [-0.15, -0.1) is 0 Å². The first-order chi connectivity index (χ1) is 18.0. The highest BCUT2D eigenvalue weighted by molar-refractivity contribution is 6.15. The third-order valence-electron chi connectivity index (χ3n) is 7.08. The van der Waals surface area contributed by atoms with Crippen molar-refractivity contribution in [2.75, 3.05) is 0 Å². The fourth-order valence-electron chi connectivity index (χ4n) is 5.06. The van der Waals surface area contributed by atoms with E-state index in [1.807, 2.05) is 0 Å². The van der Waals surface area contributed by atoms with Gasteiger partial charge in [0.05, 0.1) is 16.8 Å². The van der Waals surface area contributed by atoms with E-state index in [0.717, 1.165) is 12.1 Å². The highest BCUT2D eigenvalue weighted by atomic mass is 19.4. The van der Waals surface area contributed by atoms with Gasteiger partial charge >= 0.3 is 6.18 Å². The smallest absolute Gasteiger partial charge is 0.416 e. The van der Waals surface area contributed by atoms with Gasteiger partial charge in [0.1, 0.15) is 11.8 Å². The second-order valence-electron chi connectivity index (χ2n) is 9.47. The number of rotatable bonds is 4. The number of alkyl halides is 3. The normalized spacial score (nSPS) is 22.3. The van der Waals surface area contributed by atoms with Gasteiger partial charge in [0, 0.05) is 43.1 Å². The van der Waals surface area contributed by atoms with E-state index in [1.54, 1.807) is 18.2 Å². The molecule has 2 aromatic rings. The number of piperidine rings is 1. The summed E-state index contributed by atoms with van der Waals surface area (Å²) in [5, 5.41) is 12.8. The number of allylic oxidation sites excluding steroid dienone is 2. The van der Waals surface area contributed by atoms with Crippen LogP contribution in [0.15, 0.2) is 58.8 Å². The molecule has 2 atom stereocenters. The van der Waals surface area contributed by atoms with Gasteiger partial charge in [0.2, 0.25) is 11.8 Å². The summed E-state index contributed by atoms with van der Waals surface area (Å²) in [4.78, 5) is 55.3. The number of aliphatic hydroxyl groups excluding tert-OH is 1. The molecule has 11 heteroatoms. The molecule has 2 aliphatic heterocycles. The standard InChI is InChI=1S/C27H22F3N3O5/c28-27(29,30)16-6-4-14(5-7-16)15-10-22(34)18(23(35)11-15)12-31-20-3-1-2-17-19(20)13-33(26(17)38)21-8-9-24(36)32-25(21)37/h1-7,12,15,21,34H,8-11,13H2,(H,32,36,37). The largest absolute Gasteiger partial charge is 0.511 e. The van der Waals surface area contributed by atoms with Crippen LogP contribution in [0.1, 0.15) is 58.6 Å². The van der Waals surface area contributed by atoms with Crippen molar-refractivity contribution in [3.05, 3.63) is 76.1 Å². The van der Waals surface area contributed by atoms with Crippen LogP contribution in [0.5, 0.6) is 0 Å². The Hall–Kier alpha value is -4.28. The minimum absolute atomic E-state index is 0.00267. The van der Waals surface area contributed by atoms with Gasteiger partial charge < -0.3 is 10.0 Å². The van der Waals surface area contributed by atoms with Crippen molar-refractivity contribution >= 4 is 35.4 Å². The second-order valence-corrected chi connectivity index (χ2v) is 9.47. The van der Waals surface area contributed by atoms with Crippen LogP contribution in [0.25, 0.3) is 0 Å². The Kier molecular flexibility index (Phi) is 6.38.